The van der Waals surface area contributed by atoms with Gasteiger partial charge in [0.1, 0.15) is 5.75 Å². The number of benzene rings is 2. The van der Waals surface area contributed by atoms with Crippen LogP contribution in [0.5, 0.6) is 11.5 Å². The summed E-state index contributed by atoms with van der Waals surface area (Å²) in [4.78, 5) is 15.5. The van der Waals surface area contributed by atoms with Crippen LogP contribution in [0.15, 0.2) is 36.5 Å². The molecule has 2 aromatic carbocycles. The molecule has 0 saturated carbocycles. The van der Waals surface area contributed by atoms with E-state index in [-0.39, 0.29) is 33.2 Å². The van der Waals surface area contributed by atoms with Crippen molar-refractivity contribution in [3.8, 4) is 22.6 Å². The molecule has 0 unspecified atom stereocenters. The number of methoxy groups -OCH3 is 2. The largest absolute Gasteiger partial charge is 0.495 e. The predicted molar refractivity (Wildman–Crippen MR) is 92.2 cm³/mol. The molecule has 0 spiro atoms. The van der Waals surface area contributed by atoms with Gasteiger partial charge in [0.15, 0.2) is 11.6 Å². The van der Waals surface area contributed by atoms with Crippen LogP contribution in [0.25, 0.3) is 22.0 Å². The maximum Gasteiger partial charge on any atom is 0.337 e. The first-order valence-corrected chi connectivity index (χ1v) is 7.58. The SMILES string of the molecule is COc1cc(OC)c(Cl)c(-c2ccc(C(=O)O)c3ncccc23)c1F. The van der Waals surface area contributed by atoms with Crippen LogP contribution in [0.2, 0.25) is 5.02 Å². The number of hydrogen-bond acceptors (Lipinski definition) is 4. The Kier molecular flexibility index (Phi) is 4.46. The molecule has 1 N–H and O–H groups in total. The van der Waals surface area contributed by atoms with E-state index in [1.807, 2.05) is 0 Å². The normalized spacial score (nSPS) is 10.7. The van der Waals surface area contributed by atoms with Crippen molar-refractivity contribution in [3.05, 3.63) is 52.9 Å². The molecule has 0 aliphatic heterocycles. The first kappa shape index (κ1) is 17.0. The van der Waals surface area contributed by atoms with Crippen molar-refractivity contribution >= 4 is 28.5 Å². The number of rotatable bonds is 4. The maximum absolute atomic E-state index is 14.9. The number of pyridine rings is 1. The van der Waals surface area contributed by atoms with Crippen molar-refractivity contribution in [3.63, 3.8) is 0 Å². The lowest BCUT2D eigenvalue weighted by Gasteiger charge is -2.15. The van der Waals surface area contributed by atoms with Gasteiger partial charge < -0.3 is 14.6 Å². The van der Waals surface area contributed by atoms with Crippen LogP contribution < -0.4 is 9.47 Å². The third-order valence-electron chi connectivity index (χ3n) is 3.84. The molecule has 1 aromatic heterocycles. The Morgan fingerprint density at radius 1 is 1.20 bits per heavy atom. The number of carboxylic acid groups (broad SMARTS) is 1. The van der Waals surface area contributed by atoms with E-state index in [0.717, 1.165) is 0 Å². The molecule has 128 valence electrons. The first-order chi connectivity index (χ1) is 12.0. The maximum atomic E-state index is 14.9. The Morgan fingerprint density at radius 2 is 1.92 bits per heavy atom. The number of aromatic nitrogens is 1. The number of hydrogen-bond donors (Lipinski definition) is 1. The van der Waals surface area contributed by atoms with Gasteiger partial charge in [-0.2, -0.15) is 0 Å². The van der Waals surface area contributed by atoms with Crippen molar-refractivity contribution in [1.82, 2.24) is 4.98 Å². The highest BCUT2D eigenvalue weighted by atomic mass is 35.5. The Hall–Kier alpha value is -2.86. The van der Waals surface area contributed by atoms with Gasteiger partial charge in [-0.05, 0) is 17.7 Å². The van der Waals surface area contributed by atoms with Crippen molar-refractivity contribution in [2.45, 2.75) is 0 Å². The number of fused-ring (bicyclic) bond motifs is 1. The fraction of sp³-hybridized carbons (Fsp3) is 0.111. The van der Waals surface area contributed by atoms with Crippen molar-refractivity contribution in [1.29, 1.82) is 0 Å². The number of carboxylic acids is 1. The summed E-state index contributed by atoms with van der Waals surface area (Å²) >= 11 is 6.32. The number of nitrogens with zero attached hydrogens (tertiary/aromatic N) is 1. The molecule has 0 aliphatic rings. The summed E-state index contributed by atoms with van der Waals surface area (Å²) in [5.74, 6) is -1.57. The summed E-state index contributed by atoms with van der Waals surface area (Å²) in [5, 5.41) is 9.86. The van der Waals surface area contributed by atoms with E-state index in [0.29, 0.717) is 10.9 Å². The zero-order valence-corrected chi connectivity index (χ0v) is 14.1. The Balaban J connectivity index is 2.42. The van der Waals surface area contributed by atoms with Crippen LogP contribution in [0.3, 0.4) is 0 Å². The number of ether oxygens (including phenoxy) is 2. The topological polar surface area (TPSA) is 68.7 Å². The number of aromatic carboxylic acids is 1. The fourth-order valence-corrected chi connectivity index (χ4v) is 3.00. The zero-order chi connectivity index (χ0) is 18.1. The predicted octanol–water partition coefficient (Wildman–Crippen LogP) is 4.41. The van der Waals surface area contributed by atoms with E-state index in [4.69, 9.17) is 21.1 Å². The van der Waals surface area contributed by atoms with Gasteiger partial charge in [0, 0.05) is 23.2 Å². The third kappa shape index (κ3) is 2.74. The first-order valence-electron chi connectivity index (χ1n) is 7.21. The Morgan fingerprint density at radius 3 is 2.56 bits per heavy atom. The molecule has 3 rings (SSSR count). The Bertz CT molecular complexity index is 962. The highest BCUT2D eigenvalue weighted by Crippen LogP contribution is 2.44. The lowest BCUT2D eigenvalue weighted by molar-refractivity contribution is 0.0699. The molecule has 7 heteroatoms. The second-order valence-corrected chi connectivity index (χ2v) is 5.53. The fourth-order valence-electron chi connectivity index (χ4n) is 2.69. The second-order valence-electron chi connectivity index (χ2n) is 5.15. The molecule has 0 amide bonds. The van der Waals surface area contributed by atoms with Gasteiger partial charge in [0.25, 0.3) is 0 Å². The number of carbonyl (C=O) groups is 1. The highest BCUT2D eigenvalue weighted by molar-refractivity contribution is 6.35. The summed E-state index contributed by atoms with van der Waals surface area (Å²) in [6, 6.07) is 7.52. The van der Waals surface area contributed by atoms with Crippen LogP contribution in [0.4, 0.5) is 4.39 Å². The van der Waals surface area contributed by atoms with E-state index in [1.165, 1.54) is 38.6 Å². The van der Waals surface area contributed by atoms with Crippen LogP contribution in [0, 0.1) is 5.82 Å². The van der Waals surface area contributed by atoms with E-state index >= 15 is 0 Å². The van der Waals surface area contributed by atoms with Crippen LogP contribution >= 0.6 is 11.6 Å². The van der Waals surface area contributed by atoms with Gasteiger partial charge in [0.2, 0.25) is 0 Å². The Labute approximate surface area is 147 Å². The monoisotopic (exact) mass is 361 g/mol. The van der Waals surface area contributed by atoms with Gasteiger partial charge in [-0.3, -0.25) is 4.98 Å². The van der Waals surface area contributed by atoms with Gasteiger partial charge >= 0.3 is 5.97 Å². The van der Waals surface area contributed by atoms with E-state index in [1.54, 1.807) is 12.1 Å². The molecule has 0 saturated heterocycles. The van der Waals surface area contributed by atoms with E-state index < -0.39 is 11.8 Å². The molecule has 0 aliphatic carbocycles. The van der Waals surface area contributed by atoms with Gasteiger partial charge in [-0.25, -0.2) is 9.18 Å². The summed E-state index contributed by atoms with van der Waals surface area (Å²) in [6.45, 7) is 0. The average Bonchev–Trinajstić information content (AvgIpc) is 2.62. The molecule has 5 nitrogen and oxygen atoms in total. The molecular formula is C18H13ClFNO4. The van der Waals surface area contributed by atoms with Crippen LogP contribution in [-0.4, -0.2) is 30.3 Å². The van der Waals surface area contributed by atoms with E-state index in [2.05, 4.69) is 4.98 Å². The summed E-state index contributed by atoms with van der Waals surface area (Å²) < 4.78 is 25.2. The van der Waals surface area contributed by atoms with Gasteiger partial charge in [0.05, 0.1) is 30.3 Å². The van der Waals surface area contributed by atoms with Crippen LogP contribution in [0.1, 0.15) is 10.4 Å². The molecule has 0 fully saturated rings. The van der Waals surface area contributed by atoms with Crippen LogP contribution in [-0.2, 0) is 0 Å². The summed E-state index contributed by atoms with van der Waals surface area (Å²) in [5.41, 5.74) is 0.719. The lowest BCUT2D eigenvalue weighted by atomic mass is 9.97. The van der Waals surface area contributed by atoms with Crippen molar-refractivity contribution in [2.75, 3.05) is 14.2 Å². The molecule has 3 aromatic rings. The highest BCUT2D eigenvalue weighted by Gasteiger charge is 2.23. The minimum absolute atomic E-state index is 0.0192. The molecule has 1 heterocycles. The third-order valence-corrected chi connectivity index (χ3v) is 4.22. The van der Waals surface area contributed by atoms with E-state index in [9.17, 15) is 14.3 Å². The van der Waals surface area contributed by atoms with Gasteiger partial charge in [-0.1, -0.05) is 23.7 Å². The number of halogens is 2. The molecule has 0 radical (unpaired) electrons. The molecule has 25 heavy (non-hydrogen) atoms. The summed E-state index contributed by atoms with van der Waals surface area (Å²) in [7, 11) is 2.75. The second kappa shape index (κ2) is 6.57. The molecule has 0 atom stereocenters. The van der Waals surface area contributed by atoms with Gasteiger partial charge in [-0.15, -0.1) is 0 Å². The average molecular weight is 362 g/mol. The summed E-state index contributed by atoms with van der Waals surface area (Å²) in [6.07, 6.45) is 1.47. The minimum Gasteiger partial charge on any atom is -0.495 e. The zero-order valence-electron chi connectivity index (χ0n) is 13.3. The molecular weight excluding hydrogens is 349 g/mol. The quantitative estimate of drug-likeness (QED) is 0.745. The van der Waals surface area contributed by atoms with Crippen molar-refractivity contribution in [2.24, 2.45) is 0 Å². The van der Waals surface area contributed by atoms with Crippen molar-refractivity contribution < 1.29 is 23.8 Å². The molecule has 0 bridgehead atoms. The lowest BCUT2D eigenvalue weighted by Crippen LogP contribution is -2.01. The minimum atomic E-state index is -1.12. The standard InChI is InChI=1S/C18H13ClFNO4/c1-24-12-8-13(25-2)16(20)14(15(12)19)9-5-6-11(18(22)23)17-10(9)4-3-7-21-17/h3-8H,1-2H3,(H,22,23). The smallest absolute Gasteiger partial charge is 0.337 e.